The van der Waals surface area contributed by atoms with Gasteiger partial charge in [0.15, 0.2) is 5.43 Å². The number of hydrogen-bond acceptors (Lipinski definition) is 3. The van der Waals surface area contributed by atoms with Crippen molar-refractivity contribution in [3.63, 3.8) is 0 Å². The van der Waals surface area contributed by atoms with E-state index in [2.05, 4.69) is 24.0 Å². The Morgan fingerprint density at radius 3 is 2.50 bits per heavy atom. The standard InChI is InChI=1S/C22H23NO3/c1-3-4-5-6-15-7-9-16(10-8-15)20-14-21(24)18-13-17(22(25)26-2)11-12-19(18)23-20/h7-14H,3-6H2,1-2H3,(H,23,24). The second kappa shape index (κ2) is 8.00. The third-order valence-corrected chi connectivity index (χ3v) is 4.58. The van der Waals surface area contributed by atoms with Crippen LogP contribution < -0.4 is 5.43 Å². The molecule has 0 radical (unpaired) electrons. The average molecular weight is 349 g/mol. The van der Waals surface area contributed by atoms with E-state index in [0.717, 1.165) is 17.7 Å². The van der Waals surface area contributed by atoms with Gasteiger partial charge < -0.3 is 9.72 Å². The Bertz CT molecular complexity index is 971. The number of benzene rings is 2. The van der Waals surface area contributed by atoms with E-state index in [1.165, 1.54) is 31.9 Å². The molecule has 0 unspecified atom stereocenters. The number of esters is 1. The van der Waals surface area contributed by atoms with E-state index in [4.69, 9.17) is 4.74 Å². The minimum atomic E-state index is -0.450. The summed E-state index contributed by atoms with van der Waals surface area (Å²) in [5.74, 6) is -0.450. The molecule has 0 aliphatic heterocycles. The predicted octanol–water partition coefficient (Wildman–Crippen LogP) is 4.71. The molecule has 4 heteroatoms. The van der Waals surface area contributed by atoms with E-state index in [1.807, 2.05) is 12.1 Å². The van der Waals surface area contributed by atoms with E-state index in [9.17, 15) is 9.59 Å². The van der Waals surface area contributed by atoms with E-state index < -0.39 is 5.97 Å². The molecular formula is C22H23NO3. The lowest BCUT2D eigenvalue weighted by molar-refractivity contribution is 0.0601. The Labute approximate surface area is 152 Å². The number of H-pyrrole nitrogens is 1. The Morgan fingerprint density at radius 1 is 1.04 bits per heavy atom. The van der Waals surface area contributed by atoms with Gasteiger partial charge in [-0.1, -0.05) is 44.0 Å². The first-order valence-electron chi connectivity index (χ1n) is 8.97. The minimum Gasteiger partial charge on any atom is -0.465 e. The van der Waals surface area contributed by atoms with Crippen LogP contribution in [0.3, 0.4) is 0 Å². The number of rotatable bonds is 6. The van der Waals surface area contributed by atoms with E-state index in [-0.39, 0.29) is 5.43 Å². The maximum absolute atomic E-state index is 12.5. The van der Waals surface area contributed by atoms with Crippen LogP contribution in [0.4, 0.5) is 0 Å². The fourth-order valence-electron chi connectivity index (χ4n) is 3.08. The van der Waals surface area contributed by atoms with Gasteiger partial charge in [-0.2, -0.15) is 0 Å². The van der Waals surface area contributed by atoms with Gasteiger partial charge in [-0.25, -0.2) is 4.79 Å². The molecule has 134 valence electrons. The number of pyridine rings is 1. The van der Waals surface area contributed by atoms with Crippen LogP contribution in [0.2, 0.25) is 0 Å². The number of carbonyl (C=O) groups excluding carboxylic acids is 1. The number of nitrogens with one attached hydrogen (secondary N) is 1. The number of ether oxygens (including phenoxy) is 1. The van der Waals surface area contributed by atoms with Gasteiger partial charge in [-0.3, -0.25) is 4.79 Å². The van der Waals surface area contributed by atoms with Gasteiger partial charge in [0, 0.05) is 22.7 Å². The SMILES string of the molecule is CCCCCc1ccc(-c2cc(=O)c3cc(C(=O)OC)ccc3[nH]2)cc1. The first-order chi connectivity index (χ1) is 12.6. The zero-order valence-corrected chi connectivity index (χ0v) is 15.2. The topological polar surface area (TPSA) is 59.2 Å². The van der Waals surface area contributed by atoms with Gasteiger partial charge in [0.05, 0.1) is 12.7 Å². The number of fused-ring (bicyclic) bond motifs is 1. The summed E-state index contributed by atoms with van der Waals surface area (Å²) in [6, 6.07) is 14.9. The molecule has 1 aromatic heterocycles. The lowest BCUT2D eigenvalue weighted by Gasteiger charge is -2.07. The first kappa shape index (κ1) is 17.9. The van der Waals surface area contributed by atoms with Crippen molar-refractivity contribution >= 4 is 16.9 Å². The lowest BCUT2D eigenvalue weighted by Crippen LogP contribution is -2.06. The van der Waals surface area contributed by atoms with Crippen molar-refractivity contribution in [1.82, 2.24) is 4.98 Å². The maximum atomic E-state index is 12.5. The molecule has 0 saturated carbocycles. The molecular weight excluding hydrogens is 326 g/mol. The smallest absolute Gasteiger partial charge is 0.337 e. The molecule has 4 nitrogen and oxygen atoms in total. The highest BCUT2D eigenvalue weighted by Gasteiger charge is 2.09. The number of methoxy groups -OCH3 is 1. The van der Waals surface area contributed by atoms with E-state index in [0.29, 0.717) is 16.5 Å². The van der Waals surface area contributed by atoms with Crippen LogP contribution in [0.1, 0.15) is 42.1 Å². The van der Waals surface area contributed by atoms with Gasteiger partial charge in [0.2, 0.25) is 0 Å². The van der Waals surface area contributed by atoms with Gasteiger partial charge in [-0.05, 0) is 42.2 Å². The highest BCUT2D eigenvalue weighted by molar-refractivity contribution is 5.94. The second-order valence-electron chi connectivity index (χ2n) is 6.45. The Balaban J connectivity index is 1.91. The average Bonchev–Trinajstić information content (AvgIpc) is 2.68. The van der Waals surface area contributed by atoms with Crippen molar-refractivity contribution in [2.75, 3.05) is 7.11 Å². The zero-order chi connectivity index (χ0) is 18.5. The number of aryl methyl sites for hydroxylation is 1. The summed E-state index contributed by atoms with van der Waals surface area (Å²) in [5, 5.41) is 0.479. The number of hydrogen-bond donors (Lipinski definition) is 1. The predicted molar refractivity (Wildman–Crippen MR) is 105 cm³/mol. The van der Waals surface area contributed by atoms with Gasteiger partial charge >= 0.3 is 5.97 Å². The largest absolute Gasteiger partial charge is 0.465 e. The summed E-state index contributed by atoms with van der Waals surface area (Å²) in [6.45, 7) is 2.20. The molecule has 0 bridgehead atoms. The van der Waals surface area contributed by atoms with Gasteiger partial charge in [0.1, 0.15) is 0 Å². The van der Waals surface area contributed by atoms with Crippen LogP contribution in [-0.4, -0.2) is 18.1 Å². The number of unbranched alkanes of at least 4 members (excludes halogenated alkanes) is 2. The van der Waals surface area contributed by atoms with Crippen molar-refractivity contribution in [2.45, 2.75) is 32.6 Å². The van der Waals surface area contributed by atoms with Crippen molar-refractivity contribution in [2.24, 2.45) is 0 Å². The zero-order valence-electron chi connectivity index (χ0n) is 15.2. The van der Waals surface area contributed by atoms with Crippen LogP contribution in [0.15, 0.2) is 53.3 Å². The maximum Gasteiger partial charge on any atom is 0.337 e. The molecule has 0 spiro atoms. The summed E-state index contributed by atoms with van der Waals surface area (Å²) < 4.78 is 4.71. The summed E-state index contributed by atoms with van der Waals surface area (Å²) in [5.41, 5.74) is 4.01. The molecule has 1 N–H and O–H groups in total. The fraction of sp³-hybridized carbons (Fsp3) is 0.273. The lowest BCUT2D eigenvalue weighted by atomic mass is 10.0. The normalized spacial score (nSPS) is 10.8. The fourth-order valence-corrected chi connectivity index (χ4v) is 3.08. The molecule has 0 saturated heterocycles. The molecule has 26 heavy (non-hydrogen) atoms. The molecule has 1 heterocycles. The van der Waals surface area contributed by atoms with Crippen LogP contribution in [0.25, 0.3) is 22.2 Å². The van der Waals surface area contributed by atoms with Crippen LogP contribution in [0, 0.1) is 0 Å². The molecule has 3 rings (SSSR count). The highest BCUT2D eigenvalue weighted by Crippen LogP contribution is 2.20. The van der Waals surface area contributed by atoms with Gasteiger partial charge in [0.25, 0.3) is 0 Å². The number of aromatic nitrogens is 1. The highest BCUT2D eigenvalue weighted by atomic mass is 16.5. The molecule has 0 aliphatic carbocycles. The molecule has 3 aromatic rings. The van der Waals surface area contributed by atoms with Crippen molar-refractivity contribution in [3.8, 4) is 11.3 Å². The molecule has 0 atom stereocenters. The van der Waals surface area contributed by atoms with E-state index in [1.54, 1.807) is 24.3 Å². The van der Waals surface area contributed by atoms with Crippen molar-refractivity contribution in [3.05, 3.63) is 69.9 Å². The summed E-state index contributed by atoms with van der Waals surface area (Å²) in [4.78, 5) is 27.4. The van der Waals surface area contributed by atoms with Crippen molar-refractivity contribution < 1.29 is 9.53 Å². The second-order valence-corrected chi connectivity index (χ2v) is 6.45. The third-order valence-electron chi connectivity index (χ3n) is 4.58. The molecule has 0 fully saturated rings. The minimum absolute atomic E-state index is 0.119. The summed E-state index contributed by atoms with van der Waals surface area (Å²) >= 11 is 0. The van der Waals surface area contributed by atoms with Crippen LogP contribution in [-0.2, 0) is 11.2 Å². The third kappa shape index (κ3) is 3.85. The number of carbonyl (C=O) groups is 1. The Hall–Kier alpha value is -2.88. The Kier molecular flexibility index (Phi) is 5.52. The summed E-state index contributed by atoms with van der Waals surface area (Å²) in [7, 11) is 1.33. The molecule has 0 amide bonds. The molecule has 0 aliphatic rings. The Morgan fingerprint density at radius 2 is 1.81 bits per heavy atom. The monoisotopic (exact) mass is 349 g/mol. The van der Waals surface area contributed by atoms with Gasteiger partial charge in [-0.15, -0.1) is 0 Å². The number of aromatic amines is 1. The van der Waals surface area contributed by atoms with Crippen molar-refractivity contribution in [1.29, 1.82) is 0 Å². The van der Waals surface area contributed by atoms with Crippen LogP contribution >= 0.6 is 0 Å². The summed E-state index contributed by atoms with van der Waals surface area (Å²) in [6.07, 6.45) is 4.74. The molecule has 2 aromatic carbocycles. The first-order valence-corrected chi connectivity index (χ1v) is 8.97. The quantitative estimate of drug-likeness (QED) is 0.518. The van der Waals surface area contributed by atoms with E-state index >= 15 is 0 Å². The van der Waals surface area contributed by atoms with Crippen LogP contribution in [0.5, 0.6) is 0 Å².